The molecule has 4 heteroatoms. The zero-order chi connectivity index (χ0) is 13.2. The van der Waals surface area contributed by atoms with Crippen LogP contribution in [-0.2, 0) is 4.74 Å². The number of hydrogen-bond acceptors (Lipinski definition) is 3. The fourth-order valence-corrected chi connectivity index (χ4v) is 3.61. The molecule has 0 bridgehead atoms. The maximum Gasteiger partial charge on any atom is 0.152 e. The molecule has 0 radical (unpaired) electrons. The largest absolute Gasteiger partial charge is 0.374 e. The molecule has 2 unspecified atom stereocenters. The second kappa shape index (κ2) is 5.63. The van der Waals surface area contributed by atoms with E-state index in [9.17, 15) is 4.79 Å². The van der Waals surface area contributed by atoms with Gasteiger partial charge in [-0.2, -0.15) is 0 Å². The third-order valence-corrected chi connectivity index (χ3v) is 4.65. The predicted molar refractivity (Wildman–Crippen MR) is 78.9 cm³/mol. The van der Waals surface area contributed by atoms with Crippen molar-refractivity contribution >= 4 is 27.9 Å². The number of anilines is 1. The molecule has 3 nitrogen and oxygen atoms in total. The summed E-state index contributed by atoms with van der Waals surface area (Å²) >= 11 is 3.51. The van der Waals surface area contributed by atoms with E-state index >= 15 is 0 Å². The van der Waals surface area contributed by atoms with Crippen molar-refractivity contribution in [3.63, 3.8) is 0 Å². The zero-order valence-corrected chi connectivity index (χ0v) is 12.4. The molecule has 1 heterocycles. The lowest BCUT2D eigenvalue weighted by Gasteiger charge is -2.45. The predicted octanol–water partition coefficient (Wildman–Crippen LogP) is 3.41. The highest BCUT2D eigenvalue weighted by Crippen LogP contribution is 2.34. The van der Waals surface area contributed by atoms with Crippen molar-refractivity contribution in [3.05, 3.63) is 28.2 Å². The molecular weight excluding hydrogens is 306 g/mol. The molecule has 1 aliphatic carbocycles. The standard InChI is InChI=1S/C15H18BrNO2/c16-12-6-5-11(10-18)14(9-12)17-7-8-19-15-4-2-1-3-13(15)17/h5-6,9-10,13,15H,1-4,7-8H2. The molecule has 1 aromatic rings. The van der Waals surface area contributed by atoms with Crippen LogP contribution in [0.1, 0.15) is 36.0 Å². The quantitative estimate of drug-likeness (QED) is 0.781. The molecule has 0 aromatic heterocycles. The molecule has 0 amide bonds. The molecule has 2 atom stereocenters. The van der Waals surface area contributed by atoms with Crippen LogP contribution in [0.4, 0.5) is 5.69 Å². The molecule has 1 saturated carbocycles. The first kappa shape index (κ1) is 13.1. The van der Waals surface area contributed by atoms with Gasteiger partial charge in [-0.3, -0.25) is 4.79 Å². The van der Waals surface area contributed by atoms with Gasteiger partial charge >= 0.3 is 0 Å². The van der Waals surface area contributed by atoms with Crippen LogP contribution in [0.3, 0.4) is 0 Å². The van der Waals surface area contributed by atoms with Crippen LogP contribution in [0, 0.1) is 0 Å². The van der Waals surface area contributed by atoms with Gasteiger partial charge in [0.15, 0.2) is 6.29 Å². The minimum absolute atomic E-state index is 0.334. The molecule has 102 valence electrons. The smallest absolute Gasteiger partial charge is 0.152 e. The number of ether oxygens (including phenoxy) is 1. The normalized spacial score (nSPS) is 26.9. The number of nitrogens with zero attached hydrogens (tertiary/aromatic N) is 1. The number of halogens is 1. The van der Waals surface area contributed by atoms with Crippen LogP contribution in [0.25, 0.3) is 0 Å². The van der Waals surface area contributed by atoms with E-state index in [0.29, 0.717) is 12.1 Å². The van der Waals surface area contributed by atoms with Crippen LogP contribution in [0.2, 0.25) is 0 Å². The maximum absolute atomic E-state index is 11.3. The fraction of sp³-hybridized carbons (Fsp3) is 0.533. The number of carbonyl (C=O) groups excluding carboxylic acids is 1. The van der Waals surface area contributed by atoms with Gasteiger partial charge in [0.25, 0.3) is 0 Å². The SMILES string of the molecule is O=Cc1ccc(Br)cc1N1CCOC2CCCCC21. The van der Waals surface area contributed by atoms with E-state index in [1.165, 1.54) is 12.8 Å². The lowest BCUT2D eigenvalue weighted by molar-refractivity contribution is -0.00872. The second-order valence-electron chi connectivity index (χ2n) is 5.28. The van der Waals surface area contributed by atoms with Crippen LogP contribution < -0.4 is 4.90 Å². The average Bonchev–Trinajstić information content (AvgIpc) is 2.46. The Bertz CT molecular complexity index is 475. The van der Waals surface area contributed by atoms with Gasteiger partial charge in [-0.15, -0.1) is 0 Å². The number of fused-ring (bicyclic) bond motifs is 1. The Morgan fingerprint density at radius 2 is 2.16 bits per heavy atom. The van der Waals surface area contributed by atoms with E-state index in [2.05, 4.69) is 26.9 Å². The van der Waals surface area contributed by atoms with Crippen molar-refractivity contribution in [1.82, 2.24) is 0 Å². The summed E-state index contributed by atoms with van der Waals surface area (Å²) in [5.74, 6) is 0. The van der Waals surface area contributed by atoms with Crippen molar-refractivity contribution in [2.75, 3.05) is 18.1 Å². The molecule has 19 heavy (non-hydrogen) atoms. The summed E-state index contributed by atoms with van der Waals surface area (Å²) in [7, 11) is 0. The second-order valence-corrected chi connectivity index (χ2v) is 6.19. The number of rotatable bonds is 2. The molecule has 2 aliphatic rings. The van der Waals surface area contributed by atoms with Gasteiger partial charge in [0.05, 0.1) is 18.8 Å². The average molecular weight is 324 g/mol. The van der Waals surface area contributed by atoms with Gasteiger partial charge in [-0.05, 0) is 31.0 Å². The van der Waals surface area contributed by atoms with Crippen molar-refractivity contribution in [1.29, 1.82) is 0 Å². The molecule has 2 fully saturated rings. The summed E-state index contributed by atoms with van der Waals surface area (Å²) in [5.41, 5.74) is 1.82. The van der Waals surface area contributed by atoms with Crippen molar-refractivity contribution in [3.8, 4) is 0 Å². The number of aldehydes is 1. The molecule has 0 spiro atoms. The van der Waals surface area contributed by atoms with Gasteiger partial charge in [0.1, 0.15) is 0 Å². The van der Waals surface area contributed by atoms with E-state index < -0.39 is 0 Å². The van der Waals surface area contributed by atoms with Crippen molar-refractivity contribution < 1.29 is 9.53 Å². The Kier molecular flexibility index (Phi) is 3.89. The third kappa shape index (κ3) is 2.56. The van der Waals surface area contributed by atoms with Crippen molar-refractivity contribution in [2.24, 2.45) is 0 Å². The Hall–Kier alpha value is -0.870. The molecule has 1 aliphatic heterocycles. The summed E-state index contributed by atoms with van der Waals surface area (Å²) in [6.07, 6.45) is 6.11. The summed E-state index contributed by atoms with van der Waals surface area (Å²) in [5, 5.41) is 0. The van der Waals surface area contributed by atoms with Crippen LogP contribution >= 0.6 is 15.9 Å². The van der Waals surface area contributed by atoms with Gasteiger partial charge in [-0.25, -0.2) is 0 Å². The molecule has 1 saturated heterocycles. The Balaban J connectivity index is 1.95. The number of carbonyl (C=O) groups is 1. The summed E-state index contributed by atoms with van der Waals surface area (Å²) < 4.78 is 6.92. The molecule has 3 rings (SSSR count). The summed E-state index contributed by atoms with van der Waals surface area (Å²) in [4.78, 5) is 13.6. The first-order chi connectivity index (χ1) is 9.29. The Morgan fingerprint density at radius 1 is 1.32 bits per heavy atom. The summed E-state index contributed by atoms with van der Waals surface area (Å²) in [6, 6.07) is 6.29. The number of benzene rings is 1. The monoisotopic (exact) mass is 323 g/mol. The van der Waals surface area contributed by atoms with E-state index in [0.717, 1.165) is 48.0 Å². The fourth-order valence-electron chi connectivity index (χ4n) is 3.26. The summed E-state index contributed by atoms with van der Waals surface area (Å²) in [6.45, 7) is 1.63. The van der Waals surface area contributed by atoms with Gasteiger partial charge in [0, 0.05) is 22.3 Å². The van der Waals surface area contributed by atoms with Crippen molar-refractivity contribution in [2.45, 2.75) is 37.8 Å². The zero-order valence-electron chi connectivity index (χ0n) is 10.8. The minimum atomic E-state index is 0.334. The maximum atomic E-state index is 11.3. The molecular formula is C15H18BrNO2. The number of hydrogen-bond donors (Lipinski definition) is 0. The third-order valence-electron chi connectivity index (χ3n) is 4.16. The molecule has 1 aromatic carbocycles. The van der Waals surface area contributed by atoms with Gasteiger partial charge in [-0.1, -0.05) is 28.8 Å². The van der Waals surface area contributed by atoms with Crippen LogP contribution in [0.5, 0.6) is 0 Å². The Morgan fingerprint density at radius 3 is 3.00 bits per heavy atom. The lowest BCUT2D eigenvalue weighted by Crippen LogP contribution is -2.53. The first-order valence-electron chi connectivity index (χ1n) is 6.92. The molecule has 0 N–H and O–H groups in total. The van der Waals surface area contributed by atoms with Crippen LogP contribution in [-0.4, -0.2) is 31.6 Å². The van der Waals surface area contributed by atoms with E-state index in [1.54, 1.807) is 0 Å². The topological polar surface area (TPSA) is 29.5 Å². The lowest BCUT2D eigenvalue weighted by atomic mass is 9.89. The first-order valence-corrected chi connectivity index (χ1v) is 7.72. The van der Waals surface area contributed by atoms with E-state index in [4.69, 9.17) is 4.74 Å². The van der Waals surface area contributed by atoms with E-state index in [1.807, 2.05) is 12.1 Å². The minimum Gasteiger partial charge on any atom is -0.374 e. The number of morpholine rings is 1. The van der Waals surface area contributed by atoms with E-state index in [-0.39, 0.29) is 0 Å². The van der Waals surface area contributed by atoms with Gasteiger partial charge in [0.2, 0.25) is 0 Å². The highest BCUT2D eigenvalue weighted by Gasteiger charge is 2.35. The van der Waals surface area contributed by atoms with Gasteiger partial charge < -0.3 is 9.64 Å². The Labute approximate surface area is 122 Å². The highest BCUT2D eigenvalue weighted by molar-refractivity contribution is 9.10. The highest BCUT2D eigenvalue weighted by atomic mass is 79.9. The van der Waals surface area contributed by atoms with Crippen LogP contribution in [0.15, 0.2) is 22.7 Å².